The average Bonchev–Trinajstić information content (AvgIpc) is 2.66. The molecule has 6 nitrogen and oxygen atoms in total. The Morgan fingerprint density at radius 3 is 2.31 bits per heavy atom. The molecule has 7 heteroatoms. The highest BCUT2D eigenvalue weighted by molar-refractivity contribution is 5.55. The molecule has 1 aliphatic heterocycles. The molecule has 3 rings (SSSR count). The first kappa shape index (κ1) is 18.1. The number of halogens is 1. The molecular formula is C19H22FNO5. The minimum absolute atomic E-state index is 0.220. The lowest BCUT2D eigenvalue weighted by Crippen LogP contribution is -2.32. The maximum atomic E-state index is 14.3. The zero-order valence-electron chi connectivity index (χ0n) is 14.9. The third kappa shape index (κ3) is 3.10. The summed E-state index contributed by atoms with van der Waals surface area (Å²) in [4.78, 5) is 0. The van der Waals surface area contributed by atoms with E-state index in [-0.39, 0.29) is 6.04 Å². The van der Waals surface area contributed by atoms with Crippen LogP contribution in [0.15, 0.2) is 18.2 Å². The molecule has 1 aliphatic rings. The molecule has 2 aromatic carbocycles. The lowest BCUT2D eigenvalue weighted by Gasteiger charge is -2.28. The van der Waals surface area contributed by atoms with Crippen molar-refractivity contribution in [3.63, 3.8) is 0 Å². The zero-order chi connectivity index (χ0) is 18.8. The maximum absolute atomic E-state index is 14.3. The van der Waals surface area contributed by atoms with E-state index in [9.17, 15) is 14.6 Å². The van der Waals surface area contributed by atoms with Crippen molar-refractivity contribution in [3.05, 3.63) is 40.7 Å². The van der Waals surface area contributed by atoms with E-state index < -0.39 is 17.3 Å². The summed E-state index contributed by atoms with van der Waals surface area (Å²) in [6.45, 7) is 0.573. The summed E-state index contributed by atoms with van der Waals surface area (Å²) in [7, 11) is 4.63. The second kappa shape index (κ2) is 7.29. The summed E-state index contributed by atoms with van der Waals surface area (Å²) in [6.07, 6.45) is 0.966. The first-order valence-electron chi connectivity index (χ1n) is 8.25. The van der Waals surface area contributed by atoms with Gasteiger partial charge in [0.25, 0.3) is 0 Å². The molecule has 26 heavy (non-hydrogen) atoms. The molecule has 0 radical (unpaired) electrons. The van der Waals surface area contributed by atoms with Gasteiger partial charge in [0.2, 0.25) is 5.75 Å². The normalized spacial score (nSPS) is 16.1. The number of ether oxygens (including phenoxy) is 3. The number of phenols is 2. The van der Waals surface area contributed by atoms with Crippen LogP contribution in [0.2, 0.25) is 0 Å². The van der Waals surface area contributed by atoms with E-state index in [0.717, 1.165) is 5.56 Å². The van der Waals surface area contributed by atoms with Crippen LogP contribution >= 0.6 is 0 Å². The molecule has 0 aromatic heterocycles. The second-order valence-corrected chi connectivity index (χ2v) is 6.12. The van der Waals surface area contributed by atoms with Gasteiger partial charge in [-0.2, -0.15) is 0 Å². The molecule has 0 amide bonds. The van der Waals surface area contributed by atoms with Gasteiger partial charge >= 0.3 is 0 Å². The predicted molar refractivity (Wildman–Crippen MR) is 94.0 cm³/mol. The van der Waals surface area contributed by atoms with Gasteiger partial charge in [0.15, 0.2) is 28.8 Å². The Hall–Kier alpha value is -2.67. The van der Waals surface area contributed by atoms with Crippen molar-refractivity contribution < 1.29 is 28.8 Å². The summed E-state index contributed by atoms with van der Waals surface area (Å²) < 4.78 is 30.4. The van der Waals surface area contributed by atoms with E-state index in [2.05, 4.69) is 5.32 Å². The van der Waals surface area contributed by atoms with Gasteiger partial charge in [0.05, 0.1) is 21.3 Å². The average molecular weight is 363 g/mol. The lowest BCUT2D eigenvalue weighted by molar-refractivity contribution is 0.323. The van der Waals surface area contributed by atoms with Crippen molar-refractivity contribution in [2.45, 2.75) is 18.9 Å². The largest absolute Gasteiger partial charge is 0.504 e. The van der Waals surface area contributed by atoms with Gasteiger partial charge in [-0.15, -0.1) is 0 Å². The highest BCUT2D eigenvalue weighted by atomic mass is 19.1. The minimum Gasteiger partial charge on any atom is -0.504 e. The molecule has 0 fully saturated rings. The van der Waals surface area contributed by atoms with Crippen LogP contribution in [-0.2, 0) is 12.8 Å². The van der Waals surface area contributed by atoms with E-state index >= 15 is 0 Å². The van der Waals surface area contributed by atoms with Gasteiger partial charge in [-0.25, -0.2) is 4.39 Å². The first-order valence-corrected chi connectivity index (χ1v) is 8.25. The molecule has 1 heterocycles. The molecule has 2 aromatic rings. The van der Waals surface area contributed by atoms with Crippen molar-refractivity contribution in [3.8, 4) is 28.7 Å². The summed E-state index contributed by atoms with van der Waals surface area (Å²) >= 11 is 0. The Morgan fingerprint density at radius 2 is 1.73 bits per heavy atom. The molecule has 0 unspecified atom stereocenters. The SMILES string of the molecule is COc1cc(C[C@@H]2NCCc3c2cc(O)c(O)c3F)cc(OC)c1OC. The maximum Gasteiger partial charge on any atom is 0.203 e. The standard InChI is InChI=1S/C19H22FNO5/c1-24-15-7-10(8-16(25-2)19(15)26-3)6-13-12-9-14(22)18(23)17(20)11(12)4-5-21-13/h7-9,13,21-23H,4-6H2,1-3H3/t13-/m0/s1. The van der Waals surface area contributed by atoms with Gasteiger partial charge in [0, 0.05) is 6.04 Å². The topological polar surface area (TPSA) is 80.2 Å². The molecular weight excluding hydrogens is 341 g/mol. The summed E-state index contributed by atoms with van der Waals surface area (Å²) in [6, 6.07) is 4.88. The van der Waals surface area contributed by atoms with Crippen LogP contribution in [-0.4, -0.2) is 38.1 Å². The summed E-state index contributed by atoms with van der Waals surface area (Å²) in [5.41, 5.74) is 1.96. The van der Waals surface area contributed by atoms with Crippen LogP contribution in [0, 0.1) is 5.82 Å². The van der Waals surface area contributed by atoms with Crippen LogP contribution in [0.5, 0.6) is 28.7 Å². The van der Waals surface area contributed by atoms with Gasteiger partial charge in [-0.1, -0.05) is 0 Å². The Bertz CT molecular complexity index is 799. The quantitative estimate of drug-likeness (QED) is 0.709. The van der Waals surface area contributed by atoms with E-state index in [1.165, 1.54) is 13.2 Å². The van der Waals surface area contributed by atoms with Gasteiger partial charge < -0.3 is 29.7 Å². The number of nitrogens with one attached hydrogen (secondary N) is 1. The Balaban J connectivity index is 1.99. The Labute approximate surface area is 151 Å². The number of hydrogen-bond donors (Lipinski definition) is 3. The number of methoxy groups -OCH3 is 3. The first-order chi connectivity index (χ1) is 12.5. The third-order valence-corrected chi connectivity index (χ3v) is 4.66. The number of benzene rings is 2. The fourth-order valence-electron chi connectivity index (χ4n) is 3.40. The molecule has 0 saturated carbocycles. The van der Waals surface area contributed by atoms with Gasteiger partial charge in [0.1, 0.15) is 0 Å². The van der Waals surface area contributed by atoms with Crippen molar-refractivity contribution >= 4 is 0 Å². The van der Waals surface area contributed by atoms with E-state index in [0.29, 0.717) is 47.8 Å². The molecule has 140 valence electrons. The van der Waals surface area contributed by atoms with Gasteiger partial charge in [-0.05, 0) is 54.3 Å². The van der Waals surface area contributed by atoms with Crippen LogP contribution in [0.4, 0.5) is 4.39 Å². The third-order valence-electron chi connectivity index (χ3n) is 4.66. The molecule has 0 spiro atoms. The molecule has 0 bridgehead atoms. The number of rotatable bonds is 5. The van der Waals surface area contributed by atoms with Crippen LogP contribution in [0.25, 0.3) is 0 Å². The van der Waals surface area contributed by atoms with Crippen molar-refractivity contribution in [2.75, 3.05) is 27.9 Å². The fourth-order valence-corrected chi connectivity index (χ4v) is 3.40. The van der Waals surface area contributed by atoms with Crippen LogP contribution in [0.1, 0.15) is 22.7 Å². The molecule has 1 atom stereocenters. The number of phenolic OH excluding ortho intramolecular Hbond substituents is 2. The number of hydrogen-bond acceptors (Lipinski definition) is 6. The second-order valence-electron chi connectivity index (χ2n) is 6.12. The molecule has 3 N–H and O–H groups in total. The van der Waals surface area contributed by atoms with Gasteiger partial charge in [-0.3, -0.25) is 0 Å². The lowest BCUT2D eigenvalue weighted by atomic mass is 9.89. The Morgan fingerprint density at radius 1 is 1.08 bits per heavy atom. The molecule has 0 saturated heterocycles. The highest BCUT2D eigenvalue weighted by Gasteiger charge is 2.27. The number of fused-ring (bicyclic) bond motifs is 1. The van der Waals surface area contributed by atoms with E-state index in [1.54, 1.807) is 14.2 Å². The smallest absolute Gasteiger partial charge is 0.203 e. The summed E-state index contributed by atoms with van der Waals surface area (Å²) in [5, 5.41) is 22.8. The summed E-state index contributed by atoms with van der Waals surface area (Å²) in [5.74, 6) is -0.326. The van der Waals surface area contributed by atoms with E-state index in [1.807, 2.05) is 12.1 Å². The number of aromatic hydroxyl groups is 2. The van der Waals surface area contributed by atoms with E-state index in [4.69, 9.17) is 14.2 Å². The van der Waals surface area contributed by atoms with Crippen LogP contribution < -0.4 is 19.5 Å². The van der Waals surface area contributed by atoms with Crippen LogP contribution in [0.3, 0.4) is 0 Å². The van der Waals surface area contributed by atoms with Crippen molar-refractivity contribution in [2.24, 2.45) is 0 Å². The molecule has 0 aliphatic carbocycles. The minimum atomic E-state index is -0.753. The predicted octanol–water partition coefficient (Wildman–Crippen LogP) is 2.69. The highest BCUT2D eigenvalue weighted by Crippen LogP contribution is 2.41. The van der Waals surface area contributed by atoms with Crippen molar-refractivity contribution in [1.82, 2.24) is 5.32 Å². The fraction of sp³-hybridized carbons (Fsp3) is 0.368. The monoisotopic (exact) mass is 363 g/mol. The Kier molecular flexibility index (Phi) is 5.08. The zero-order valence-corrected chi connectivity index (χ0v) is 14.9. The van der Waals surface area contributed by atoms with Crippen molar-refractivity contribution in [1.29, 1.82) is 0 Å².